The third kappa shape index (κ3) is 4.08. The van der Waals surface area contributed by atoms with E-state index >= 15 is 0 Å². The zero-order valence-corrected chi connectivity index (χ0v) is 15.2. The van der Waals surface area contributed by atoms with E-state index < -0.39 is 51.5 Å². The molecule has 0 saturated heterocycles. The van der Waals surface area contributed by atoms with E-state index in [0.717, 1.165) is 29.2 Å². The SMILES string of the molecule is O=C(O)CN1C(=O)COc2ccc(S(=O)(=O)Nc3ccc(F)c([N+](=O)[O-])c3)cc21. The minimum atomic E-state index is -4.31. The summed E-state index contributed by atoms with van der Waals surface area (Å²) in [4.78, 5) is 33.3. The maximum atomic E-state index is 13.4. The third-order valence-electron chi connectivity index (χ3n) is 3.87. The molecule has 1 aliphatic heterocycles. The van der Waals surface area contributed by atoms with Crippen molar-refractivity contribution in [2.75, 3.05) is 22.8 Å². The molecule has 1 aliphatic rings. The first kappa shape index (κ1) is 20.0. The van der Waals surface area contributed by atoms with E-state index in [1.165, 1.54) is 6.07 Å². The Morgan fingerprint density at radius 3 is 2.69 bits per heavy atom. The minimum Gasteiger partial charge on any atom is -0.482 e. The molecule has 0 bridgehead atoms. The summed E-state index contributed by atoms with van der Waals surface area (Å²) in [6.07, 6.45) is 0. The Morgan fingerprint density at radius 1 is 1.31 bits per heavy atom. The van der Waals surface area contributed by atoms with Gasteiger partial charge in [-0.05, 0) is 30.3 Å². The molecule has 2 aromatic carbocycles. The van der Waals surface area contributed by atoms with Crippen molar-refractivity contribution < 1.29 is 37.2 Å². The highest BCUT2D eigenvalue weighted by atomic mass is 32.2. The first-order valence-electron chi connectivity index (χ1n) is 7.84. The van der Waals surface area contributed by atoms with Gasteiger partial charge in [0.05, 0.1) is 21.2 Å². The number of anilines is 2. The van der Waals surface area contributed by atoms with Crippen molar-refractivity contribution in [2.24, 2.45) is 0 Å². The number of ether oxygens (including phenoxy) is 1. The van der Waals surface area contributed by atoms with Crippen LogP contribution in [0, 0.1) is 15.9 Å². The van der Waals surface area contributed by atoms with Gasteiger partial charge in [0.1, 0.15) is 12.3 Å². The molecule has 0 atom stereocenters. The average Bonchev–Trinajstić information content (AvgIpc) is 2.64. The summed E-state index contributed by atoms with van der Waals surface area (Å²) in [6.45, 7) is -1.10. The molecule has 0 aromatic heterocycles. The predicted octanol–water partition coefficient (Wildman–Crippen LogP) is 1.34. The standard InChI is InChI=1S/C16H12FN3O8S/c17-11-3-1-9(5-12(11)20(24)25)18-29(26,27)10-2-4-14-13(6-10)19(7-16(22)23)15(21)8-28-14/h1-6,18H,7-8H2,(H,22,23). The van der Waals surface area contributed by atoms with Crippen molar-refractivity contribution in [2.45, 2.75) is 4.90 Å². The maximum Gasteiger partial charge on any atom is 0.323 e. The van der Waals surface area contributed by atoms with Crippen LogP contribution in [0.2, 0.25) is 0 Å². The number of nitrogens with zero attached hydrogens (tertiary/aromatic N) is 2. The number of carboxylic acid groups (broad SMARTS) is 1. The molecule has 2 N–H and O–H groups in total. The number of hydrogen-bond donors (Lipinski definition) is 2. The second-order valence-corrected chi connectivity index (χ2v) is 7.50. The van der Waals surface area contributed by atoms with Gasteiger partial charge in [0, 0.05) is 6.07 Å². The van der Waals surface area contributed by atoms with E-state index in [9.17, 15) is 32.5 Å². The van der Waals surface area contributed by atoms with Crippen LogP contribution in [0.1, 0.15) is 0 Å². The fourth-order valence-corrected chi connectivity index (χ4v) is 3.66. The molecular weight excluding hydrogens is 413 g/mol. The van der Waals surface area contributed by atoms with E-state index in [0.29, 0.717) is 6.07 Å². The van der Waals surface area contributed by atoms with E-state index in [1.807, 2.05) is 0 Å². The molecule has 1 heterocycles. The zero-order chi connectivity index (χ0) is 21.3. The van der Waals surface area contributed by atoms with E-state index in [-0.39, 0.29) is 22.0 Å². The number of halogens is 1. The molecule has 3 rings (SSSR count). The molecule has 0 aliphatic carbocycles. The lowest BCUT2D eigenvalue weighted by Gasteiger charge is -2.28. The highest BCUT2D eigenvalue weighted by molar-refractivity contribution is 7.92. The number of carboxylic acids is 1. The van der Waals surface area contributed by atoms with Crippen LogP contribution in [-0.4, -0.2) is 43.5 Å². The number of nitrogens with one attached hydrogen (secondary N) is 1. The fourth-order valence-electron chi connectivity index (χ4n) is 2.59. The molecule has 29 heavy (non-hydrogen) atoms. The number of nitro groups is 1. The zero-order valence-electron chi connectivity index (χ0n) is 14.4. The Morgan fingerprint density at radius 2 is 2.03 bits per heavy atom. The van der Waals surface area contributed by atoms with Crippen molar-refractivity contribution in [3.63, 3.8) is 0 Å². The number of carbonyl (C=O) groups excluding carboxylic acids is 1. The van der Waals surface area contributed by atoms with E-state index in [2.05, 4.69) is 4.72 Å². The average molecular weight is 425 g/mol. The van der Waals surface area contributed by atoms with Gasteiger partial charge < -0.3 is 9.84 Å². The summed E-state index contributed by atoms with van der Waals surface area (Å²) in [7, 11) is -4.31. The molecule has 0 saturated carbocycles. The van der Waals surface area contributed by atoms with Crippen LogP contribution in [0.15, 0.2) is 41.3 Å². The number of hydrogen-bond acceptors (Lipinski definition) is 7. The molecular formula is C16H12FN3O8S. The summed E-state index contributed by atoms with van der Waals surface area (Å²) in [5.41, 5.74) is -1.23. The van der Waals surface area contributed by atoms with Crippen molar-refractivity contribution in [3.8, 4) is 5.75 Å². The van der Waals surface area contributed by atoms with Gasteiger partial charge >= 0.3 is 11.7 Å². The third-order valence-corrected chi connectivity index (χ3v) is 5.25. The van der Waals surface area contributed by atoms with Crippen LogP contribution >= 0.6 is 0 Å². The van der Waals surface area contributed by atoms with Gasteiger partial charge in [-0.2, -0.15) is 4.39 Å². The van der Waals surface area contributed by atoms with Crippen molar-refractivity contribution in [1.82, 2.24) is 0 Å². The highest BCUT2D eigenvalue weighted by Crippen LogP contribution is 2.34. The van der Waals surface area contributed by atoms with E-state index in [4.69, 9.17) is 9.84 Å². The topological polar surface area (TPSA) is 156 Å². The molecule has 152 valence electrons. The summed E-state index contributed by atoms with van der Waals surface area (Å²) < 4.78 is 45.9. The van der Waals surface area contributed by atoms with Gasteiger partial charge in [-0.1, -0.05) is 0 Å². The van der Waals surface area contributed by atoms with Gasteiger partial charge in [-0.25, -0.2) is 8.42 Å². The second kappa shape index (κ2) is 7.35. The largest absolute Gasteiger partial charge is 0.482 e. The molecule has 1 amide bonds. The molecule has 13 heteroatoms. The first-order valence-corrected chi connectivity index (χ1v) is 9.32. The number of rotatable bonds is 6. The lowest BCUT2D eigenvalue weighted by Crippen LogP contribution is -2.42. The molecule has 0 fully saturated rings. The number of amides is 1. The Labute approximate surface area is 162 Å². The monoisotopic (exact) mass is 425 g/mol. The summed E-state index contributed by atoms with van der Waals surface area (Å²) in [6, 6.07) is 5.89. The van der Waals surface area contributed by atoms with Crippen molar-refractivity contribution in [3.05, 3.63) is 52.3 Å². The Bertz CT molecular complexity index is 1130. The normalized spacial score (nSPS) is 13.4. The molecule has 0 unspecified atom stereocenters. The molecule has 11 nitrogen and oxygen atoms in total. The summed E-state index contributed by atoms with van der Waals surface area (Å²) in [5.74, 6) is -3.00. The number of benzene rings is 2. The minimum absolute atomic E-state index is 0.0587. The number of aliphatic carboxylic acids is 1. The van der Waals surface area contributed by atoms with Crippen LogP contribution in [0.4, 0.5) is 21.5 Å². The Balaban J connectivity index is 1.97. The molecule has 2 aromatic rings. The van der Waals surface area contributed by atoms with Crippen molar-refractivity contribution in [1.29, 1.82) is 0 Å². The predicted molar refractivity (Wildman–Crippen MR) is 95.8 cm³/mol. The van der Waals surface area contributed by atoms with Gasteiger partial charge in [0.25, 0.3) is 15.9 Å². The number of carbonyl (C=O) groups is 2. The quantitative estimate of drug-likeness (QED) is 0.519. The number of nitro benzene ring substituents is 1. The summed E-state index contributed by atoms with van der Waals surface area (Å²) >= 11 is 0. The smallest absolute Gasteiger partial charge is 0.323 e. The van der Waals surface area contributed by atoms with Crippen LogP contribution in [0.5, 0.6) is 5.75 Å². The van der Waals surface area contributed by atoms with Crippen molar-refractivity contribution >= 4 is 39.0 Å². The van der Waals surface area contributed by atoms with Crippen LogP contribution in [0.3, 0.4) is 0 Å². The number of fused-ring (bicyclic) bond motifs is 1. The van der Waals surface area contributed by atoms with Gasteiger partial charge in [-0.15, -0.1) is 0 Å². The second-order valence-electron chi connectivity index (χ2n) is 5.82. The summed E-state index contributed by atoms with van der Waals surface area (Å²) in [5, 5.41) is 19.8. The fraction of sp³-hybridized carbons (Fsp3) is 0.125. The lowest BCUT2D eigenvalue weighted by molar-refractivity contribution is -0.387. The highest BCUT2D eigenvalue weighted by Gasteiger charge is 2.29. The van der Waals surface area contributed by atoms with Crippen LogP contribution in [0.25, 0.3) is 0 Å². The molecule has 0 radical (unpaired) electrons. The van der Waals surface area contributed by atoms with Gasteiger partial charge in [0.15, 0.2) is 6.61 Å². The van der Waals surface area contributed by atoms with Crippen LogP contribution in [-0.2, 0) is 19.6 Å². The lowest BCUT2D eigenvalue weighted by atomic mass is 10.2. The number of sulfonamides is 1. The maximum absolute atomic E-state index is 13.4. The molecule has 0 spiro atoms. The Hall–Kier alpha value is -3.74. The van der Waals surface area contributed by atoms with E-state index in [1.54, 1.807) is 0 Å². The van der Waals surface area contributed by atoms with Gasteiger partial charge in [0.2, 0.25) is 5.82 Å². The van der Waals surface area contributed by atoms with Gasteiger partial charge in [-0.3, -0.25) is 29.3 Å². The first-order chi connectivity index (χ1) is 13.6. The Kier molecular flexibility index (Phi) is 5.07. The van der Waals surface area contributed by atoms with Crippen LogP contribution < -0.4 is 14.4 Å².